The molecule has 2 aromatic rings. The van der Waals surface area contributed by atoms with Crippen LogP contribution in [0.4, 0.5) is 10.1 Å². The molecule has 0 spiro atoms. The van der Waals surface area contributed by atoms with Gasteiger partial charge >= 0.3 is 5.97 Å². The maximum atomic E-state index is 13.7. The van der Waals surface area contributed by atoms with Crippen LogP contribution in [0.1, 0.15) is 26.3 Å². The van der Waals surface area contributed by atoms with Crippen molar-refractivity contribution >= 4 is 29.2 Å². The van der Waals surface area contributed by atoms with E-state index in [-0.39, 0.29) is 11.3 Å². The molecule has 0 aromatic heterocycles. The van der Waals surface area contributed by atoms with E-state index in [4.69, 9.17) is 16.7 Å². The van der Waals surface area contributed by atoms with Crippen molar-refractivity contribution in [3.63, 3.8) is 0 Å². The molecule has 0 atom stereocenters. The highest BCUT2D eigenvalue weighted by Gasteiger charge is 2.14. The first-order chi connectivity index (χ1) is 9.90. The summed E-state index contributed by atoms with van der Waals surface area (Å²) in [6.45, 7) is 1.67. The van der Waals surface area contributed by atoms with Crippen molar-refractivity contribution in [2.24, 2.45) is 0 Å². The topological polar surface area (TPSA) is 66.4 Å². The van der Waals surface area contributed by atoms with Gasteiger partial charge in [-0.15, -0.1) is 0 Å². The van der Waals surface area contributed by atoms with Gasteiger partial charge in [0.25, 0.3) is 5.91 Å². The van der Waals surface area contributed by atoms with E-state index >= 15 is 0 Å². The molecule has 0 heterocycles. The van der Waals surface area contributed by atoms with Gasteiger partial charge in [0.05, 0.1) is 11.3 Å². The molecule has 6 heteroatoms. The van der Waals surface area contributed by atoms with Gasteiger partial charge < -0.3 is 10.4 Å². The van der Waals surface area contributed by atoms with Gasteiger partial charge in [-0.1, -0.05) is 17.7 Å². The van der Waals surface area contributed by atoms with Crippen LogP contribution in [-0.4, -0.2) is 17.0 Å². The molecule has 4 nitrogen and oxygen atoms in total. The minimum atomic E-state index is -1.20. The maximum absolute atomic E-state index is 13.7. The number of nitrogens with one attached hydrogen (secondary N) is 1. The monoisotopic (exact) mass is 307 g/mol. The van der Waals surface area contributed by atoms with Gasteiger partial charge in [-0.3, -0.25) is 4.79 Å². The first-order valence-corrected chi connectivity index (χ1v) is 6.37. The zero-order chi connectivity index (χ0) is 15.6. The molecule has 0 unspecified atom stereocenters. The summed E-state index contributed by atoms with van der Waals surface area (Å²) < 4.78 is 13.7. The molecule has 2 rings (SSSR count). The lowest BCUT2D eigenvalue weighted by molar-refractivity contribution is 0.0696. The Morgan fingerprint density at radius 3 is 2.62 bits per heavy atom. The lowest BCUT2D eigenvalue weighted by Gasteiger charge is -2.10. The molecule has 0 fully saturated rings. The van der Waals surface area contributed by atoms with Crippen LogP contribution >= 0.6 is 11.6 Å². The third-order valence-corrected chi connectivity index (χ3v) is 3.38. The normalized spacial score (nSPS) is 10.2. The Kier molecular flexibility index (Phi) is 4.23. The zero-order valence-corrected chi connectivity index (χ0v) is 11.7. The van der Waals surface area contributed by atoms with E-state index in [1.165, 1.54) is 0 Å². The van der Waals surface area contributed by atoms with Crippen LogP contribution in [0, 0.1) is 12.7 Å². The average Bonchev–Trinajstić information content (AvgIpc) is 2.43. The number of carbonyl (C=O) groups excluding carboxylic acids is 1. The first kappa shape index (κ1) is 15.0. The molecular formula is C15H11ClFNO3. The molecule has 2 N–H and O–H groups in total. The Morgan fingerprint density at radius 2 is 1.95 bits per heavy atom. The molecule has 0 aliphatic heterocycles. The van der Waals surface area contributed by atoms with E-state index in [1.807, 2.05) is 0 Å². The number of carboxylic acid groups (broad SMARTS) is 1. The summed E-state index contributed by atoms with van der Waals surface area (Å²) >= 11 is 5.93. The van der Waals surface area contributed by atoms with Gasteiger partial charge in [0.1, 0.15) is 5.82 Å². The number of rotatable bonds is 3. The molecule has 108 valence electrons. The van der Waals surface area contributed by atoms with Crippen molar-refractivity contribution in [3.05, 3.63) is 63.9 Å². The standard InChI is InChI=1S/C15H11ClFNO3/c1-8-10(3-2-4-11(8)16)14(19)18-13-7-9(15(20)21)5-6-12(13)17/h2-7H,1H3,(H,18,19)(H,20,21). The molecule has 0 radical (unpaired) electrons. The SMILES string of the molecule is Cc1c(Cl)cccc1C(=O)Nc1cc(C(=O)O)ccc1F. The fourth-order valence-electron chi connectivity index (χ4n) is 1.80. The largest absolute Gasteiger partial charge is 0.478 e. The number of amides is 1. The lowest BCUT2D eigenvalue weighted by Crippen LogP contribution is -2.15. The highest BCUT2D eigenvalue weighted by atomic mass is 35.5. The van der Waals surface area contributed by atoms with Crippen LogP contribution < -0.4 is 5.32 Å². The van der Waals surface area contributed by atoms with E-state index in [0.29, 0.717) is 16.1 Å². The highest BCUT2D eigenvalue weighted by Crippen LogP contribution is 2.21. The molecule has 0 saturated heterocycles. The van der Waals surface area contributed by atoms with Gasteiger partial charge in [-0.05, 0) is 42.8 Å². The predicted octanol–water partition coefficient (Wildman–Crippen LogP) is 3.74. The molecule has 2 aromatic carbocycles. The van der Waals surface area contributed by atoms with Crippen molar-refractivity contribution in [2.45, 2.75) is 6.92 Å². The van der Waals surface area contributed by atoms with Gasteiger partial charge in [0.15, 0.2) is 0 Å². The minimum absolute atomic E-state index is 0.116. The van der Waals surface area contributed by atoms with E-state index in [0.717, 1.165) is 18.2 Å². The molecule has 0 saturated carbocycles. The van der Waals surface area contributed by atoms with Gasteiger partial charge in [-0.25, -0.2) is 9.18 Å². The molecule has 0 aliphatic carbocycles. The summed E-state index contributed by atoms with van der Waals surface area (Å²) in [6.07, 6.45) is 0. The van der Waals surface area contributed by atoms with Crippen LogP contribution in [0.15, 0.2) is 36.4 Å². The Balaban J connectivity index is 2.33. The van der Waals surface area contributed by atoms with Gasteiger partial charge in [0, 0.05) is 10.6 Å². The van der Waals surface area contributed by atoms with E-state index < -0.39 is 17.7 Å². The Hall–Kier alpha value is -2.40. The maximum Gasteiger partial charge on any atom is 0.335 e. The van der Waals surface area contributed by atoms with Crippen molar-refractivity contribution in [2.75, 3.05) is 5.32 Å². The molecule has 21 heavy (non-hydrogen) atoms. The Morgan fingerprint density at radius 1 is 1.24 bits per heavy atom. The van der Waals surface area contributed by atoms with Crippen molar-refractivity contribution in [1.29, 1.82) is 0 Å². The number of aromatic carboxylic acids is 1. The van der Waals surface area contributed by atoms with Gasteiger partial charge in [-0.2, -0.15) is 0 Å². The second-order valence-corrected chi connectivity index (χ2v) is 4.77. The minimum Gasteiger partial charge on any atom is -0.478 e. The summed E-state index contributed by atoms with van der Waals surface area (Å²) in [5, 5.41) is 11.7. The number of carboxylic acids is 1. The van der Waals surface area contributed by atoms with Crippen molar-refractivity contribution < 1.29 is 19.1 Å². The lowest BCUT2D eigenvalue weighted by atomic mass is 10.1. The second-order valence-electron chi connectivity index (χ2n) is 4.37. The number of carbonyl (C=O) groups is 2. The fraction of sp³-hybridized carbons (Fsp3) is 0.0667. The average molecular weight is 308 g/mol. The molecule has 0 bridgehead atoms. The molecule has 1 amide bonds. The third kappa shape index (κ3) is 3.20. The summed E-state index contributed by atoms with van der Waals surface area (Å²) in [6, 6.07) is 7.97. The first-order valence-electron chi connectivity index (χ1n) is 5.99. The second kappa shape index (κ2) is 5.93. The van der Waals surface area contributed by atoms with E-state index in [1.54, 1.807) is 25.1 Å². The van der Waals surface area contributed by atoms with Crippen LogP contribution in [0.3, 0.4) is 0 Å². The van der Waals surface area contributed by atoms with Gasteiger partial charge in [0.2, 0.25) is 0 Å². The number of benzene rings is 2. The zero-order valence-electron chi connectivity index (χ0n) is 11.0. The summed E-state index contributed by atoms with van der Waals surface area (Å²) in [5.74, 6) is -2.48. The van der Waals surface area contributed by atoms with Crippen LogP contribution in [0.2, 0.25) is 5.02 Å². The highest BCUT2D eigenvalue weighted by molar-refractivity contribution is 6.32. The van der Waals surface area contributed by atoms with Crippen molar-refractivity contribution in [3.8, 4) is 0 Å². The fourth-order valence-corrected chi connectivity index (χ4v) is 1.97. The Bertz CT molecular complexity index is 731. The number of hydrogen-bond acceptors (Lipinski definition) is 2. The quantitative estimate of drug-likeness (QED) is 0.907. The number of anilines is 1. The van der Waals surface area contributed by atoms with E-state index in [2.05, 4.69) is 5.32 Å². The summed E-state index contributed by atoms with van der Waals surface area (Å²) in [4.78, 5) is 23.0. The third-order valence-electron chi connectivity index (χ3n) is 2.97. The van der Waals surface area contributed by atoms with Crippen LogP contribution in [0.5, 0.6) is 0 Å². The summed E-state index contributed by atoms with van der Waals surface area (Å²) in [5.41, 5.74) is 0.544. The smallest absolute Gasteiger partial charge is 0.335 e. The van der Waals surface area contributed by atoms with Crippen molar-refractivity contribution in [1.82, 2.24) is 0 Å². The van der Waals surface area contributed by atoms with E-state index in [9.17, 15) is 14.0 Å². The van der Waals surface area contributed by atoms with Crippen LogP contribution in [-0.2, 0) is 0 Å². The molecular weight excluding hydrogens is 297 g/mol. The van der Waals surface area contributed by atoms with Crippen LogP contribution in [0.25, 0.3) is 0 Å². The number of hydrogen-bond donors (Lipinski definition) is 2. The summed E-state index contributed by atoms with van der Waals surface area (Å²) in [7, 11) is 0. The Labute approximate surface area is 125 Å². The number of halogens is 2. The molecule has 0 aliphatic rings. The predicted molar refractivity (Wildman–Crippen MR) is 77.5 cm³/mol.